The van der Waals surface area contributed by atoms with Crippen LogP contribution in [0.15, 0.2) is 46.9 Å². The van der Waals surface area contributed by atoms with Gasteiger partial charge in [-0.3, -0.25) is 19.2 Å². The van der Waals surface area contributed by atoms with Crippen LogP contribution in [0.25, 0.3) is 11.3 Å². The Morgan fingerprint density at radius 2 is 2.06 bits per heavy atom. The van der Waals surface area contributed by atoms with Crippen LogP contribution in [0.3, 0.4) is 0 Å². The van der Waals surface area contributed by atoms with Crippen molar-refractivity contribution in [2.45, 2.75) is 32.9 Å². The van der Waals surface area contributed by atoms with Crippen molar-refractivity contribution in [3.8, 4) is 17.0 Å². The Labute approximate surface area is 199 Å². The van der Waals surface area contributed by atoms with Crippen molar-refractivity contribution in [3.63, 3.8) is 0 Å². The van der Waals surface area contributed by atoms with Gasteiger partial charge in [-0.15, -0.1) is 0 Å². The van der Waals surface area contributed by atoms with E-state index in [0.29, 0.717) is 16.9 Å². The maximum Gasteiger partial charge on any atom is 0.240 e. The van der Waals surface area contributed by atoms with Crippen LogP contribution in [0.4, 0.5) is 10.2 Å². The number of aromatic nitrogens is 2. The Kier molecular flexibility index (Phi) is 6.51. The molecule has 0 aliphatic carbocycles. The normalized spacial score (nSPS) is 12.1. The molecule has 0 saturated carbocycles. The monoisotopic (exact) mass is 514 g/mol. The standard InChI is InChI=1S/C24H24BrFN4O3/c1-14(2)27-21(31)12-30(22(32)10-15-5-4-6-17(26)9-15)24-19-13-33-20-8-7-16(25)11-18(20)23(19)29(3)28-24/h4-9,11,14H,10,12-13H2,1-3H3,(H,27,31). The highest BCUT2D eigenvalue weighted by Gasteiger charge is 2.31. The quantitative estimate of drug-likeness (QED) is 0.539. The number of carbonyl (C=O) groups excluding carboxylic acids is 2. The molecule has 0 bridgehead atoms. The van der Waals surface area contributed by atoms with Crippen LogP contribution >= 0.6 is 15.9 Å². The summed E-state index contributed by atoms with van der Waals surface area (Å²) in [5.74, 6) is -0.0126. The molecule has 1 N–H and O–H groups in total. The highest BCUT2D eigenvalue weighted by atomic mass is 79.9. The fourth-order valence-corrected chi connectivity index (χ4v) is 4.27. The molecule has 2 aromatic carbocycles. The van der Waals surface area contributed by atoms with Gasteiger partial charge in [-0.2, -0.15) is 5.10 Å². The van der Waals surface area contributed by atoms with Gasteiger partial charge < -0.3 is 10.1 Å². The van der Waals surface area contributed by atoms with Crippen molar-refractivity contribution in [2.24, 2.45) is 7.05 Å². The third-order valence-electron chi connectivity index (χ3n) is 5.25. The Hall–Kier alpha value is -3.20. The van der Waals surface area contributed by atoms with E-state index in [2.05, 4.69) is 26.3 Å². The van der Waals surface area contributed by atoms with E-state index in [1.807, 2.05) is 32.0 Å². The summed E-state index contributed by atoms with van der Waals surface area (Å²) in [7, 11) is 1.79. The lowest BCUT2D eigenvalue weighted by atomic mass is 10.0. The van der Waals surface area contributed by atoms with Gasteiger partial charge in [0, 0.05) is 23.1 Å². The molecular formula is C24H24BrFN4O3. The number of anilines is 1. The zero-order valence-electron chi connectivity index (χ0n) is 18.6. The lowest BCUT2D eigenvalue weighted by Gasteiger charge is -2.24. The van der Waals surface area contributed by atoms with Crippen molar-refractivity contribution in [1.29, 1.82) is 0 Å². The van der Waals surface area contributed by atoms with E-state index >= 15 is 0 Å². The van der Waals surface area contributed by atoms with E-state index < -0.39 is 5.82 Å². The van der Waals surface area contributed by atoms with Gasteiger partial charge in [0.05, 0.1) is 17.7 Å². The van der Waals surface area contributed by atoms with Gasteiger partial charge >= 0.3 is 0 Å². The third kappa shape index (κ3) is 4.93. The summed E-state index contributed by atoms with van der Waals surface area (Å²) in [6.07, 6.45) is -0.0684. The number of amides is 2. The van der Waals surface area contributed by atoms with Gasteiger partial charge in [-0.05, 0) is 49.7 Å². The average molecular weight is 515 g/mol. The summed E-state index contributed by atoms with van der Waals surface area (Å²) in [5.41, 5.74) is 2.90. The molecule has 3 aromatic rings. The van der Waals surface area contributed by atoms with Crippen LogP contribution < -0.4 is 15.0 Å². The van der Waals surface area contributed by atoms with E-state index in [9.17, 15) is 14.0 Å². The molecule has 7 nitrogen and oxygen atoms in total. The summed E-state index contributed by atoms with van der Waals surface area (Å²) in [5, 5.41) is 7.42. The molecule has 0 radical (unpaired) electrons. The van der Waals surface area contributed by atoms with E-state index in [4.69, 9.17) is 4.74 Å². The number of hydrogen-bond donors (Lipinski definition) is 1. The van der Waals surface area contributed by atoms with E-state index in [1.165, 1.54) is 17.0 Å². The number of fused-ring (bicyclic) bond motifs is 3. The Morgan fingerprint density at radius 3 is 2.79 bits per heavy atom. The van der Waals surface area contributed by atoms with Crippen molar-refractivity contribution in [1.82, 2.24) is 15.1 Å². The molecule has 2 amide bonds. The molecule has 33 heavy (non-hydrogen) atoms. The average Bonchev–Trinajstić information content (AvgIpc) is 3.08. The Morgan fingerprint density at radius 1 is 1.27 bits per heavy atom. The van der Waals surface area contributed by atoms with Crippen LogP contribution in [0, 0.1) is 5.82 Å². The molecule has 172 valence electrons. The number of nitrogens with one attached hydrogen (secondary N) is 1. The topological polar surface area (TPSA) is 76.5 Å². The van der Waals surface area contributed by atoms with Crippen LogP contribution in [0.1, 0.15) is 25.0 Å². The molecule has 1 aromatic heterocycles. The lowest BCUT2D eigenvalue weighted by molar-refractivity contribution is -0.124. The molecule has 1 aliphatic heterocycles. The molecule has 0 atom stereocenters. The molecule has 2 heterocycles. The zero-order chi connectivity index (χ0) is 23.7. The van der Waals surface area contributed by atoms with Gasteiger partial charge in [0.15, 0.2) is 5.82 Å². The maximum absolute atomic E-state index is 13.7. The molecule has 9 heteroatoms. The van der Waals surface area contributed by atoms with Crippen molar-refractivity contribution < 1.29 is 18.7 Å². The van der Waals surface area contributed by atoms with Crippen molar-refractivity contribution in [2.75, 3.05) is 11.4 Å². The van der Waals surface area contributed by atoms with Gasteiger partial charge in [0.1, 0.15) is 24.7 Å². The first-order chi connectivity index (χ1) is 15.7. The number of hydrogen-bond acceptors (Lipinski definition) is 4. The number of nitrogens with zero attached hydrogens (tertiary/aromatic N) is 3. The molecule has 0 saturated heterocycles. The van der Waals surface area contributed by atoms with Crippen LogP contribution in [-0.2, 0) is 29.7 Å². The van der Waals surface area contributed by atoms with E-state index in [-0.39, 0.29) is 37.4 Å². The molecule has 1 aliphatic rings. The van der Waals surface area contributed by atoms with Gasteiger partial charge in [0.2, 0.25) is 11.8 Å². The molecule has 0 spiro atoms. The number of rotatable bonds is 6. The highest BCUT2D eigenvalue weighted by molar-refractivity contribution is 9.10. The first kappa shape index (κ1) is 23.0. The molecule has 0 fully saturated rings. The van der Waals surface area contributed by atoms with Gasteiger partial charge in [0.25, 0.3) is 0 Å². The van der Waals surface area contributed by atoms with Crippen LogP contribution in [-0.4, -0.2) is 34.2 Å². The number of ether oxygens (including phenoxy) is 1. The minimum atomic E-state index is -0.421. The second kappa shape index (κ2) is 9.35. The third-order valence-corrected chi connectivity index (χ3v) is 5.74. The number of halogens is 2. The Bertz CT molecular complexity index is 1220. The summed E-state index contributed by atoms with van der Waals surface area (Å²) in [6, 6.07) is 11.5. The maximum atomic E-state index is 13.7. The minimum absolute atomic E-state index is 0.0684. The first-order valence-corrected chi connectivity index (χ1v) is 11.3. The summed E-state index contributed by atoms with van der Waals surface area (Å²) in [4.78, 5) is 27.4. The first-order valence-electron chi connectivity index (χ1n) is 10.6. The van der Waals surface area contributed by atoms with E-state index in [0.717, 1.165) is 21.5 Å². The molecule has 4 rings (SSSR count). The molecule has 0 unspecified atom stereocenters. The fourth-order valence-electron chi connectivity index (χ4n) is 3.91. The smallest absolute Gasteiger partial charge is 0.240 e. The highest BCUT2D eigenvalue weighted by Crippen LogP contribution is 2.42. The summed E-state index contributed by atoms with van der Waals surface area (Å²) < 4.78 is 22.2. The van der Waals surface area contributed by atoms with Crippen molar-refractivity contribution >= 4 is 33.6 Å². The largest absolute Gasteiger partial charge is 0.488 e. The predicted octanol–water partition coefficient (Wildman–Crippen LogP) is 3.98. The predicted molar refractivity (Wildman–Crippen MR) is 126 cm³/mol. The second-order valence-corrected chi connectivity index (χ2v) is 9.13. The molecular weight excluding hydrogens is 491 g/mol. The SMILES string of the molecule is CC(C)NC(=O)CN(C(=O)Cc1cccc(F)c1)c1nn(C)c2c1COc1ccc(Br)cc1-2. The zero-order valence-corrected chi connectivity index (χ0v) is 20.1. The number of benzene rings is 2. The van der Waals surface area contributed by atoms with Crippen LogP contribution in [0.5, 0.6) is 5.75 Å². The van der Waals surface area contributed by atoms with Crippen molar-refractivity contribution in [3.05, 3.63) is 63.9 Å². The van der Waals surface area contributed by atoms with E-state index in [1.54, 1.807) is 23.9 Å². The van der Waals surface area contributed by atoms with Gasteiger partial charge in [-0.1, -0.05) is 28.1 Å². The van der Waals surface area contributed by atoms with Gasteiger partial charge in [-0.25, -0.2) is 4.39 Å². The summed E-state index contributed by atoms with van der Waals surface area (Å²) in [6.45, 7) is 3.70. The number of aryl methyl sites for hydroxylation is 1. The summed E-state index contributed by atoms with van der Waals surface area (Å²) >= 11 is 3.49. The Balaban J connectivity index is 1.74. The van der Waals surface area contributed by atoms with Crippen LogP contribution in [0.2, 0.25) is 0 Å². The second-order valence-electron chi connectivity index (χ2n) is 8.21. The lowest BCUT2D eigenvalue weighted by Crippen LogP contribution is -2.44. The number of carbonyl (C=O) groups is 2. The minimum Gasteiger partial charge on any atom is -0.488 e. The fraction of sp³-hybridized carbons (Fsp3) is 0.292.